The number of halogens is 1. The Labute approximate surface area is 299 Å². The summed E-state index contributed by atoms with van der Waals surface area (Å²) < 4.78 is 27.5. The van der Waals surface area contributed by atoms with Gasteiger partial charge in [0.15, 0.2) is 5.96 Å². The molecule has 2 aromatic heterocycles. The summed E-state index contributed by atoms with van der Waals surface area (Å²) in [4.78, 5) is 27.8. The van der Waals surface area contributed by atoms with Gasteiger partial charge in [-0.1, -0.05) is 26.0 Å². The smallest absolute Gasteiger partial charge is 0.248 e. The first-order chi connectivity index (χ1) is 24.2. The number of primary amides is 1. The molecule has 0 saturated carbocycles. The van der Waals surface area contributed by atoms with Gasteiger partial charge in [0.25, 0.3) is 0 Å². The monoisotopic (exact) mass is 699 g/mol. The average Bonchev–Trinajstić information content (AvgIpc) is 3.42. The molecule has 0 spiro atoms. The molecule has 6 N–H and O–H groups in total. The van der Waals surface area contributed by atoms with E-state index < -0.39 is 11.7 Å². The Morgan fingerprint density at radius 3 is 2.43 bits per heavy atom. The molecular weight excluding hydrogens is 649 g/mol. The predicted octanol–water partition coefficient (Wildman–Crippen LogP) is 5.23. The lowest BCUT2D eigenvalue weighted by Crippen LogP contribution is -2.33. The van der Waals surface area contributed by atoms with Crippen molar-refractivity contribution < 1.29 is 18.7 Å². The van der Waals surface area contributed by atoms with E-state index in [-0.39, 0.29) is 29.6 Å². The number of rotatable bonds is 12. The molecule has 2 aromatic carbocycles. The highest BCUT2D eigenvalue weighted by atomic mass is 19.1. The van der Waals surface area contributed by atoms with Crippen molar-refractivity contribution in [3.05, 3.63) is 88.6 Å². The number of pyridine rings is 1. The van der Waals surface area contributed by atoms with Crippen molar-refractivity contribution in [2.45, 2.75) is 78.7 Å². The van der Waals surface area contributed by atoms with Gasteiger partial charge in [0.2, 0.25) is 11.8 Å². The van der Waals surface area contributed by atoms with Crippen molar-refractivity contribution in [3.63, 3.8) is 0 Å². The van der Waals surface area contributed by atoms with Crippen LogP contribution < -0.4 is 21.9 Å². The van der Waals surface area contributed by atoms with E-state index in [1.807, 2.05) is 22.8 Å². The molecule has 5 rings (SSSR count). The largest absolute Gasteiger partial charge is 0.473 e. The minimum atomic E-state index is -0.498. The number of nitrogens with two attached hydrogens (primary N) is 3. The number of carbonyl (C=O) groups is 1. The number of imidazole rings is 1. The van der Waals surface area contributed by atoms with E-state index in [0.717, 1.165) is 55.1 Å². The van der Waals surface area contributed by atoms with Gasteiger partial charge < -0.3 is 31.2 Å². The van der Waals surface area contributed by atoms with Crippen LogP contribution in [0.2, 0.25) is 0 Å². The van der Waals surface area contributed by atoms with Crippen LogP contribution in [-0.4, -0.2) is 63.1 Å². The second-order valence-electron chi connectivity index (χ2n) is 14.0. The highest BCUT2D eigenvalue weighted by molar-refractivity contribution is 5.96. The Balaban J connectivity index is 0.000000573. The lowest BCUT2D eigenvalue weighted by atomic mass is 9.93. The van der Waals surface area contributed by atoms with Gasteiger partial charge in [0, 0.05) is 42.0 Å². The van der Waals surface area contributed by atoms with E-state index in [1.54, 1.807) is 36.4 Å². The standard InChI is InChI=1S/C30H32FN9O2.C8H18O/c31-23-14-19(16-32)4-5-22(23)18-42-28-3-1-2-24(38-28)20-8-11-39(12-9-20)17-27-37-25-7-6-21(29(33)41)15-26(25)40(27)13-10-36-30(34)35;1-7(2)6-9-8(3,4)5/h1-7,14-15,20H,8-13,17-18H2,(H2,33,41)(H4,34,35,36);7H,6H2,1-5H3. The van der Waals surface area contributed by atoms with Crippen molar-refractivity contribution >= 4 is 22.9 Å². The number of ether oxygens (including phenoxy) is 2. The second kappa shape index (κ2) is 17.7. The zero-order valence-corrected chi connectivity index (χ0v) is 30.2. The summed E-state index contributed by atoms with van der Waals surface area (Å²) in [5, 5.41) is 8.93. The fraction of sp³-hybridized carbons (Fsp3) is 0.447. The Morgan fingerprint density at radius 1 is 1.08 bits per heavy atom. The van der Waals surface area contributed by atoms with Gasteiger partial charge in [-0.15, -0.1) is 0 Å². The lowest BCUT2D eigenvalue weighted by Gasteiger charge is -2.31. The molecule has 1 amide bonds. The number of nitrogens with zero attached hydrogens (tertiary/aromatic N) is 6. The molecule has 0 radical (unpaired) electrons. The normalized spacial score (nSPS) is 13.8. The molecule has 12 nitrogen and oxygen atoms in total. The molecule has 0 bridgehead atoms. The molecule has 3 heterocycles. The molecule has 1 aliphatic heterocycles. The summed E-state index contributed by atoms with van der Waals surface area (Å²) in [6.07, 6.45) is 1.81. The van der Waals surface area contributed by atoms with Gasteiger partial charge >= 0.3 is 0 Å². The summed E-state index contributed by atoms with van der Waals surface area (Å²) in [6.45, 7) is 14.6. The first kappa shape index (κ1) is 38.7. The van der Waals surface area contributed by atoms with Crippen molar-refractivity contribution in [1.29, 1.82) is 5.26 Å². The average molecular weight is 700 g/mol. The summed E-state index contributed by atoms with van der Waals surface area (Å²) >= 11 is 0. The number of piperidine rings is 1. The van der Waals surface area contributed by atoms with Crippen LogP contribution in [0.3, 0.4) is 0 Å². The highest BCUT2D eigenvalue weighted by Gasteiger charge is 2.24. The van der Waals surface area contributed by atoms with Crippen molar-refractivity contribution in [3.8, 4) is 11.9 Å². The number of benzene rings is 2. The van der Waals surface area contributed by atoms with E-state index in [1.165, 1.54) is 6.07 Å². The SMILES string of the molecule is CC(C)COC(C)(C)C.N#Cc1ccc(COc2cccc(C3CCN(Cc4nc5ccc(C(N)=O)cc5n4CCN=C(N)N)CC3)n2)c(F)c1. The highest BCUT2D eigenvalue weighted by Crippen LogP contribution is 2.29. The third-order valence-corrected chi connectivity index (χ3v) is 8.25. The molecule has 1 aliphatic rings. The number of likely N-dealkylation sites (tertiary alicyclic amines) is 1. The molecule has 51 heavy (non-hydrogen) atoms. The number of amides is 1. The summed E-state index contributed by atoms with van der Waals surface area (Å²) in [5.41, 5.74) is 20.2. The molecule has 0 atom stereocenters. The number of aliphatic imine (C=N–C) groups is 1. The van der Waals surface area contributed by atoms with Gasteiger partial charge in [-0.25, -0.2) is 14.4 Å². The van der Waals surface area contributed by atoms with Crippen LogP contribution in [0.25, 0.3) is 11.0 Å². The van der Waals surface area contributed by atoms with Crippen molar-refractivity contribution in [1.82, 2.24) is 19.4 Å². The number of nitriles is 1. The molecule has 1 saturated heterocycles. The molecule has 272 valence electrons. The van der Waals surface area contributed by atoms with Crippen LogP contribution in [-0.2, 0) is 24.4 Å². The summed E-state index contributed by atoms with van der Waals surface area (Å²) in [6, 6.07) is 17.1. The van der Waals surface area contributed by atoms with Gasteiger partial charge in [-0.2, -0.15) is 5.26 Å². The van der Waals surface area contributed by atoms with Gasteiger partial charge in [0.1, 0.15) is 18.2 Å². The first-order valence-corrected chi connectivity index (χ1v) is 17.2. The van der Waals surface area contributed by atoms with Crippen LogP contribution >= 0.6 is 0 Å². The minimum absolute atomic E-state index is 0.0189. The van der Waals surface area contributed by atoms with Crippen molar-refractivity contribution in [2.24, 2.45) is 28.1 Å². The van der Waals surface area contributed by atoms with Gasteiger partial charge in [0.05, 0.1) is 41.4 Å². The quantitative estimate of drug-likeness (QED) is 0.132. The summed E-state index contributed by atoms with van der Waals surface area (Å²) in [7, 11) is 0. The Bertz CT molecular complexity index is 1850. The Kier molecular flexibility index (Phi) is 13.5. The number of aromatic nitrogens is 3. The molecule has 1 fully saturated rings. The van der Waals surface area contributed by atoms with Crippen molar-refractivity contribution in [2.75, 3.05) is 26.2 Å². The van der Waals surface area contributed by atoms with Crippen LogP contribution in [0.4, 0.5) is 4.39 Å². The number of hydrogen-bond donors (Lipinski definition) is 3. The van der Waals surface area contributed by atoms with Crippen LogP contribution in [0.5, 0.6) is 5.88 Å². The summed E-state index contributed by atoms with van der Waals surface area (Å²) in [5.74, 6) is 1.24. The molecular formula is C38H50FN9O3. The lowest BCUT2D eigenvalue weighted by molar-refractivity contribution is -0.0167. The number of carbonyl (C=O) groups excluding carboxylic acids is 1. The van der Waals surface area contributed by atoms with E-state index in [2.05, 4.69) is 44.5 Å². The van der Waals surface area contributed by atoms with E-state index in [4.69, 9.17) is 41.9 Å². The fourth-order valence-corrected chi connectivity index (χ4v) is 5.60. The Hall–Kier alpha value is -5.06. The maximum Gasteiger partial charge on any atom is 0.248 e. The molecule has 0 unspecified atom stereocenters. The van der Waals surface area contributed by atoms with E-state index in [9.17, 15) is 9.18 Å². The van der Waals surface area contributed by atoms with Crippen LogP contribution in [0.1, 0.15) is 86.4 Å². The van der Waals surface area contributed by atoms with Gasteiger partial charge in [-0.05, 0) is 89.0 Å². The second-order valence-corrected chi connectivity index (χ2v) is 14.0. The first-order valence-electron chi connectivity index (χ1n) is 17.2. The fourth-order valence-electron chi connectivity index (χ4n) is 5.60. The predicted molar refractivity (Wildman–Crippen MR) is 196 cm³/mol. The zero-order valence-electron chi connectivity index (χ0n) is 30.2. The number of fused-ring (bicyclic) bond motifs is 1. The third-order valence-electron chi connectivity index (χ3n) is 8.25. The maximum atomic E-state index is 14.2. The molecule has 0 aliphatic carbocycles. The minimum Gasteiger partial charge on any atom is -0.473 e. The molecule has 4 aromatic rings. The molecule has 13 heteroatoms. The van der Waals surface area contributed by atoms with Crippen LogP contribution in [0, 0.1) is 23.1 Å². The van der Waals surface area contributed by atoms with E-state index >= 15 is 0 Å². The number of guanidine groups is 1. The number of hydrogen-bond acceptors (Lipinski definition) is 8. The third kappa shape index (κ3) is 11.8. The van der Waals surface area contributed by atoms with Crippen LogP contribution in [0.15, 0.2) is 59.6 Å². The van der Waals surface area contributed by atoms with E-state index in [0.29, 0.717) is 42.6 Å². The van der Waals surface area contributed by atoms with Gasteiger partial charge in [-0.3, -0.25) is 14.7 Å². The topological polar surface area (TPSA) is 184 Å². The maximum absolute atomic E-state index is 14.2. The zero-order chi connectivity index (χ0) is 37.1. The Morgan fingerprint density at radius 2 is 1.82 bits per heavy atom.